The van der Waals surface area contributed by atoms with E-state index in [2.05, 4.69) is 33.6 Å². The van der Waals surface area contributed by atoms with Crippen LogP contribution in [0.1, 0.15) is 11.5 Å². The molecule has 0 fully saturated rings. The van der Waals surface area contributed by atoms with Crippen LogP contribution in [0.15, 0.2) is 22.6 Å². The van der Waals surface area contributed by atoms with Gasteiger partial charge in [-0.1, -0.05) is 22.6 Å². The predicted molar refractivity (Wildman–Crippen MR) is 56.4 cm³/mol. The van der Waals surface area contributed by atoms with Gasteiger partial charge in [-0.15, -0.1) is 0 Å². The molecule has 0 atom stereocenters. The number of benzene rings is 1. The number of nitriles is 1. The van der Waals surface area contributed by atoms with Gasteiger partial charge in [0.05, 0.1) is 16.1 Å². The highest BCUT2D eigenvalue weighted by molar-refractivity contribution is 14.1. The van der Waals surface area contributed by atoms with Crippen LogP contribution in [0.2, 0.25) is 0 Å². The molecular weight excluding hydrogens is 279 g/mol. The molecule has 0 saturated carbocycles. The summed E-state index contributed by atoms with van der Waals surface area (Å²) < 4.78 is 6.13. The van der Waals surface area contributed by atoms with Crippen LogP contribution >= 0.6 is 22.6 Å². The summed E-state index contributed by atoms with van der Waals surface area (Å²) in [5.74, 6) is 0.700. The van der Waals surface area contributed by atoms with Crippen LogP contribution in [0.3, 0.4) is 0 Å². The molecule has 0 aliphatic carbocycles. The van der Waals surface area contributed by atoms with Crippen LogP contribution in [0.5, 0.6) is 0 Å². The van der Waals surface area contributed by atoms with Crippen molar-refractivity contribution in [3.8, 4) is 6.07 Å². The Morgan fingerprint density at radius 1 is 1.54 bits per heavy atom. The second-order valence-corrected chi connectivity index (χ2v) is 3.30. The lowest BCUT2D eigenvalue weighted by molar-refractivity contribution is 0.559. The Bertz CT molecular complexity index is 484. The van der Waals surface area contributed by atoms with E-state index in [0.717, 1.165) is 15.5 Å². The van der Waals surface area contributed by atoms with Gasteiger partial charge in [0.1, 0.15) is 5.52 Å². The summed E-state index contributed by atoms with van der Waals surface area (Å²) in [6.45, 7) is 0. The van der Waals surface area contributed by atoms with Crippen LogP contribution in [0.25, 0.3) is 11.1 Å². The molecular formula is C9H5IN2O. The average Bonchev–Trinajstić information content (AvgIpc) is 2.58. The normalized spacial score (nSPS) is 10.2. The van der Waals surface area contributed by atoms with Gasteiger partial charge in [-0.25, -0.2) is 4.98 Å². The fraction of sp³-hybridized carbons (Fsp3) is 0.111. The summed E-state index contributed by atoms with van der Waals surface area (Å²) in [6.07, 6.45) is 0. The lowest BCUT2D eigenvalue weighted by Gasteiger charge is -1.85. The zero-order chi connectivity index (χ0) is 9.26. The maximum Gasteiger partial charge on any atom is 0.205 e. The summed E-state index contributed by atoms with van der Waals surface area (Å²) in [6, 6.07) is 7.29. The van der Waals surface area contributed by atoms with Crippen molar-refractivity contribution in [1.82, 2.24) is 4.98 Å². The molecule has 0 aliphatic heterocycles. The van der Waals surface area contributed by atoms with Crippen molar-refractivity contribution in [2.45, 2.75) is 4.43 Å². The minimum Gasteiger partial charge on any atom is -0.440 e. The van der Waals surface area contributed by atoms with E-state index in [-0.39, 0.29) is 0 Å². The fourth-order valence-corrected chi connectivity index (χ4v) is 1.43. The largest absolute Gasteiger partial charge is 0.440 e. The van der Waals surface area contributed by atoms with Crippen LogP contribution < -0.4 is 0 Å². The number of rotatable bonds is 1. The number of hydrogen-bond donors (Lipinski definition) is 0. The molecule has 0 radical (unpaired) electrons. The number of oxazole rings is 1. The minimum atomic E-state index is 0.612. The van der Waals surface area contributed by atoms with Gasteiger partial charge in [0.2, 0.25) is 5.89 Å². The van der Waals surface area contributed by atoms with E-state index in [4.69, 9.17) is 9.68 Å². The van der Waals surface area contributed by atoms with Crippen LogP contribution in [-0.2, 0) is 4.43 Å². The number of halogens is 1. The highest BCUT2D eigenvalue weighted by atomic mass is 127. The molecule has 0 unspecified atom stereocenters. The minimum absolute atomic E-state index is 0.612. The number of nitrogens with zero attached hydrogens (tertiary/aromatic N) is 2. The molecule has 0 spiro atoms. The molecule has 3 nitrogen and oxygen atoms in total. The third-order valence-corrected chi connectivity index (χ3v) is 2.33. The molecule has 1 aromatic carbocycles. The molecule has 64 valence electrons. The van der Waals surface area contributed by atoms with Crippen LogP contribution in [0.4, 0.5) is 0 Å². The smallest absolute Gasteiger partial charge is 0.205 e. The molecule has 2 aromatic rings. The number of aromatic nitrogens is 1. The number of alkyl halides is 1. The van der Waals surface area contributed by atoms with Crippen molar-refractivity contribution >= 4 is 33.7 Å². The van der Waals surface area contributed by atoms with Gasteiger partial charge < -0.3 is 4.42 Å². The molecule has 1 heterocycles. The highest BCUT2D eigenvalue weighted by Crippen LogP contribution is 2.18. The Balaban J connectivity index is 2.65. The quantitative estimate of drug-likeness (QED) is 0.597. The molecule has 0 amide bonds. The number of hydrogen-bond acceptors (Lipinski definition) is 3. The van der Waals surface area contributed by atoms with E-state index >= 15 is 0 Å². The molecule has 13 heavy (non-hydrogen) atoms. The Hall–Kier alpha value is -1.09. The molecule has 0 aliphatic rings. The Morgan fingerprint density at radius 3 is 3.08 bits per heavy atom. The molecule has 1 aromatic heterocycles. The SMILES string of the molecule is N#Cc1ccc2oc(CI)nc2c1. The van der Waals surface area contributed by atoms with E-state index in [1.165, 1.54) is 0 Å². The van der Waals surface area contributed by atoms with E-state index < -0.39 is 0 Å². The third kappa shape index (κ3) is 1.52. The monoisotopic (exact) mass is 284 g/mol. The van der Waals surface area contributed by atoms with Crippen molar-refractivity contribution in [3.63, 3.8) is 0 Å². The molecule has 4 heteroatoms. The lowest BCUT2D eigenvalue weighted by Crippen LogP contribution is -1.74. The van der Waals surface area contributed by atoms with E-state index in [1.807, 2.05) is 0 Å². The first-order valence-electron chi connectivity index (χ1n) is 3.69. The summed E-state index contributed by atoms with van der Waals surface area (Å²) >= 11 is 2.18. The standard InChI is InChI=1S/C9H5IN2O/c10-4-9-12-7-3-6(5-11)1-2-8(7)13-9/h1-3H,4H2. The van der Waals surface area contributed by atoms with Crippen LogP contribution in [-0.4, -0.2) is 4.98 Å². The Kier molecular flexibility index (Phi) is 2.19. The van der Waals surface area contributed by atoms with Gasteiger partial charge in [-0.3, -0.25) is 0 Å². The van der Waals surface area contributed by atoms with Crippen molar-refractivity contribution < 1.29 is 4.42 Å². The highest BCUT2D eigenvalue weighted by Gasteiger charge is 2.04. The fourth-order valence-electron chi connectivity index (χ4n) is 1.10. The summed E-state index contributed by atoms with van der Waals surface area (Å²) in [7, 11) is 0. The third-order valence-electron chi connectivity index (χ3n) is 1.68. The van der Waals surface area contributed by atoms with Gasteiger partial charge in [0, 0.05) is 0 Å². The average molecular weight is 284 g/mol. The predicted octanol–water partition coefficient (Wildman–Crippen LogP) is 2.63. The summed E-state index contributed by atoms with van der Waals surface area (Å²) in [5.41, 5.74) is 2.11. The molecule has 2 rings (SSSR count). The van der Waals surface area contributed by atoms with E-state index in [0.29, 0.717) is 11.5 Å². The van der Waals surface area contributed by atoms with Crippen molar-refractivity contribution in [2.24, 2.45) is 0 Å². The van der Waals surface area contributed by atoms with Crippen molar-refractivity contribution in [1.29, 1.82) is 5.26 Å². The molecule has 0 saturated heterocycles. The van der Waals surface area contributed by atoms with Gasteiger partial charge >= 0.3 is 0 Å². The van der Waals surface area contributed by atoms with Gasteiger partial charge in [-0.05, 0) is 18.2 Å². The van der Waals surface area contributed by atoms with Gasteiger partial charge in [-0.2, -0.15) is 5.26 Å². The maximum atomic E-state index is 8.65. The summed E-state index contributed by atoms with van der Waals surface area (Å²) in [4.78, 5) is 4.21. The maximum absolute atomic E-state index is 8.65. The van der Waals surface area contributed by atoms with E-state index in [1.54, 1.807) is 18.2 Å². The second-order valence-electron chi connectivity index (χ2n) is 2.54. The topological polar surface area (TPSA) is 49.8 Å². The molecule has 0 bridgehead atoms. The van der Waals surface area contributed by atoms with Crippen LogP contribution in [0, 0.1) is 11.3 Å². The first kappa shape index (κ1) is 8.51. The van der Waals surface area contributed by atoms with E-state index in [9.17, 15) is 0 Å². The van der Waals surface area contributed by atoms with Crippen molar-refractivity contribution in [2.75, 3.05) is 0 Å². The van der Waals surface area contributed by atoms with Gasteiger partial charge in [0.25, 0.3) is 0 Å². The summed E-state index contributed by atoms with van der Waals surface area (Å²) in [5, 5.41) is 8.65. The van der Waals surface area contributed by atoms with Gasteiger partial charge in [0.15, 0.2) is 5.58 Å². The Labute approximate surface area is 88.5 Å². The first-order valence-corrected chi connectivity index (χ1v) is 5.21. The zero-order valence-electron chi connectivity index (χ0n) is 6.62. The number of fused-ring (bicyclic) bond motifs is 1. The first-order chi connectivity index (χ1) is 6.33. The lowest BCUT2D eigenvalue weighted by atomic mass is 10.2. The second kappa shape index (κ2) is 3.34. The van der Waals surface area contributed by atoms with Crippen molar-refractivity contribution in [3.05, 3.63) is 29.7 Å². The Morgan fingerprint density at radius 2 is 2.38 bits per heavy atom. The molecule has 0 N–H and O–H groups in total. The zero-order valence-corrected chi connectivity index (χ0v) is 8.78.